The maximum absolute atomic E-state index is 5.90. The van der Waals surface area contributed by atoms with Crippen molar-refractivity contribution in [2.45, 2.75) is 20.8 Å². The van der Waals surface area contributed by atoms with Gasteiger partial charge in [-0.25, -0.2) is 14.6 Å². The van der Waals surface area contributed by atoms with Crippen LogP contribution in [0.1, 0.15) is 19.5 Å². The minimum atomic E-state index is 0.444. The molecule has 0 bridgehead atoms. The number of benzene rings is 1. The van der Waals surface area contributed by atoms with Crippen molar-refractivity contribution in [2.75, 3.05) is 5.73 Å². The first kappa shape index (κ1) is 13.0. The number of nitrogens with two attached hydrogens (primary N) is 1. The zero-order valence-electron chi connectivity index (χ0n) is 11.3. The molecule has 0 atom stereocenters. The predicted molar refractivity (Wildman–Crippen MR) is 77.2 cm³/mol. The Morgan fingerprint density at radius 1 is 1.05 bits per heavy atom. The van der Waals surface area contributed by atoms with E-state index in [2.05, 4.69) is 15.1 Å². The van der Waals surface area contributed by atoms with Crippen LogP contribution in [-0.2, 0) is 0 Å². The van der Waals surface area contributed by atoms with Gasteiger partial charge in [0.25, 0.3) is 0 Å². The number of nitrogens with zero attached hydrogens (tertiary/aromatic N) is 4. The standard InChI is InChI=1S/C12H11N5.C2H6/c1-8-10-11(12(13)15-7-14-10)17(16-8)9-5-3-2-4-6-9;1-2/h2-7H,1H3,(H2,13,14,15);1-2H3. The van der Waals surface area contributed by atoms with E-state index in [4.69, 9.17) is 5.73 Å². The SMILES string of the molecule is CC.Cc1nn(-c2ccccc2)c2c(N)ncnc12. The second-order valence-electron chi connectivity index (χ2n) is 3.79. The van der Waals surface area contributed by atoms with Gasteiger partial charge in [0.15, 0.2) is 5.82 Å². The summed E-state index contributed by atoms with van der Waals surface area (Å²) in [6.45, 7) is 5.91. The summed E-state index contributed by atoms with van der Waals surface area (Å²) in [5.74, 6) is 0.444. The quantitative estimate of drug-likeness (QED) is 0.725. The van der Waals surface area contributed by atoms with Crippen LogP contribution in [-0.4, -0.2) is 19.7 Å². The summed E-state index contributed by atoms with van der Waals surface area (Å²) >= 11 is 0. The van der Waals surface area contributed by atoms with Crippen molar-refractivity contribution >= 4 is 16.9 Å². The highest BCUT2D eigenvalue weighted by molar-refractivity contribution is 5.87. The molecule has 0 amide bonds. The van der Waals surface area contributed by atoms with Gasteiger partial charge in [0.1, 0.15) is 17.4 Å². The Morgan fingerprint density at radius 3 is 2.42 bits per heavy atom. The van der Waals surface area contributed by atoms with E-state index in [1.807, 2.05) is 51.1 Å². The molecule has 5 nitrogen and oxygen atoms in total. The van der Waals surface area contributed by atoms with Crippen molar-refractivity contribution in [3.05, 3.63) is 42.4 Å². The Balaban J connectivity index is 0.000000637. The first-order valence-corrected chi connectivity index (χ1v) is 6.28. The summed E-state index contributed by atoms with van der Waals surface area (Å²) in [5.41, 5.74) is 9.25. The van der Waals surface area contributed by atoms with Gasteiger partial charge in [-0.15, -0.1) is 0 Å². The van der Waals surface area contributed by atoms with Crippen LogP contribution in [0.15, 0.2) is 36.7 Å². The summed E-state index contributed by atoms with van der Waals surface area (Å²) in [4.78, 5) is 8.23. The molecule has 0 aliphatic heterocycles. The molecule has 19 heavy (non-hydrogen) atoms. The molecule has 98 valence electrons. The third kappa shape index (κ3) is 2.27. The smallest absolute Gasteiger partial charge is 0.153 e. The molecule has 0 spiro atoms. The van der Waals surface area contributed by atoms with Crippen LogP contribution in [0.3, 0.4) is 0 Å². The Hall–Kier alpha value is -2.43. The average Bonchev–Trinajstić information content (AvgIpc) is 2.81. The van der Waals surface area contributed by atoms with Crippen LogP contribution in [0.2, 0.25) is 0 Å². The van der Waals surface area contributed by atoms with Crippen molar-refractivity contribution in [3.63, 3.8) is 0 Å². The molecule has 0 aliphatic carbocycles. The number of anilines is 1. The Kier molecular flexibility index (Phi) is 3.75. The van der Waals surface area contributed by atoms with Crippen LogP contribution < -0.4 is 5.73 Å². The topological polar surface area (TPSA) is 69.6 Å². The average molecular weight is 255 g/mol. The first-order chi connectivity index (χ1) is 9.27. The van der Waals surface area contributed by atoms with Crippen LogP contribution >= 0.6 is 0 Å². The molecule has 3 rings (SSSR count). The number of hydrogen-bond acceptors (Lipinski definition) is 4. The maximum Gasteiger partial charge on any atom is 0.153 e. The molecule has 0 aliphatic rings. The van der Waals surface area contributed by atoms with Gasteiger partial charge < -0.3 is 5.73 Å². The molecule has 0 saturated carbocycles. The lowest BCUT2D eigenvalue weighted by molar-refractivity contribution is 0.888. The van der Waals surface area contributed by atoms with Crippen molar-refractivity contribution < 1.29 is 0 Å². The highest BCUT2D eigenvalue weighted by Crippen LogP contribution is 2.22. The maximum atomic E-state index is 5.90. The summed E-state index contributed by atoms with van der Waals surface area (Å²) in [6, 6.07) is 9.81. The van der Waals surface area contributed by atoms with E-state index in [0.717, 1.165) is 22.4 Å². The van der Waals surface area contributed by atoms with E-state index in [9.17, 15) is 0 Å². The van der Waals surface area contributed by atoms with Crippen LogP contribution in [0.4, 0.5) is 5.82 Å². The molecule has 2 N–H and O–H groups in total. The minimum Gasteiger partial charge on any atom is -0.382 e. The van der Waals surface area contributed by atoms with Crippen molar-refractivity contribution in [1.29, 1.82) is 0 Å². The Morgan fingerprint density at radius 2 is 1.74 bits per heavy atom. The third-order valence-electron chi connectivity index (χ3n) is 2.66. The molecule has 3 aromatic rings. The van der Waals surface area contributed by atoms with Gasteiger partial charge >= 0.3 is 0 Å². The summed E-state index contributed by atoms with van der Waals surface area (Å²) in [5, 5.41) is 4.46. The van der Waals surface area contributed by atoms with Crippen molar-refractivity contribution in [3.8, 4) is 5.69 Å². The summed E-state index contributed by atoms with van der Waals surface area (Å²) in [7, 11) is 0. The highest BCUT2D eigenvalue weighted by Gasteiger charge is 2.12. The zero-order chi connectivity index (χ0) is 13.8. The number of rotatable bonds is 1. The largest absolute Gasteiger partial charge is 0.382 e. The molecule has 0 saturated heterocycles. The van der Waals surface area contributed by atoms with Crippen LogP contribution in [0.25, 0.3) is 16.7 Å². The van der Waals surface area contributed by atoms with Gasteiger partial charge in [-0.05, 0) is 19.1 Å². The molecule has 1 aromatic carbocycles. The van der Waals surface area contributed by atoms with E-state index < -0.39 is 0 Å². The van der Waals surface area contributed by atoms with Gasteiger partial charge in [-0.1, -0.05) is 32.0 Å². The fraction of sp³-hybridized carbons (Fsp3) is 0.214. The fourth-order valence-corrected chi connectivity index (χ4v) is 1.87. The number of para-hydroxylation sites is 1. The first-order valence-electron chi connectivity index (χ1n) is 6.28. The Labute approximate surface area is 112 Å². The fourth-order valence-electron chi connectivity index (χ4n) is 1.87. The lowest BCUT2D eigenvalue weighted by Crippen LogP contribution is -2.00. The lowest BCUT2D eigenvalue weighted by Gasteiger charge is -2.03. The number of nitrogen functional groups attached to an aromatic ring is 1. The molecule has 2 heterocycles. The number of fused-ring (bicyclic) bond motifs is 1. The van der Waals surface area contributed by atoms with Gasteiger partial charge in [0.05, 0.1) is 11.4 Å². The van der Waals surface area contributed by atoms with Gasteiger partial charge in [0, 0.05) is 0 Å². The normalized spacial score (nSPS) is 10.1. The number of aromatic nitrogens is 4. The van der Waals surface area contributed by atoms with E-state index in [1.54, 1.807) is 4.68 Å². The molecule has 0 fully saturated rings. The molecule has 2 aromatic heterocycles. The van der Waals surface area contributed by atoms with E-state index in [-0.39, 0.29) is 0 Å². The zero-order valence-corrected chi connectivity index (χ0v) is 11.3. The van der Waals surface area contributed by atoms with Crippen molar-refractivity contribution in [1.82, 2.24) is 19.7 Å². The van der Waals surface area contributed by atoms with Gasteiger partial charge in [-0.3, -0.25) is 0 Å². The van der Waals surface area contributed by atoms with E-state index in [1.165, 1.54) is 6.33 Å². The van der Waals surface area contributed by atoms with Crippen molar-refractivity contribution in [2.24, 2.45) is 0 Å². The summed E-state index contributed by atoms with van der Waals surface area (Å²) < 4.78 is 1.78. The molecule has 0 unspecified atom stereocenters. The van der Waals surface area contributed by atoms with Crippen LogP contribution in [0, 0.1) is 6.92 Å². The second-order valence-corrected chi connectivity index (χ2v) is 3.79. The third-order valence-corrected chi connectivity index (χ3v) is 2.66. The highest BCUT2D eigenvalue weighted by atomic mass is 15.3. The monoisotopic (exact) mass is 255 g/mol. The van der Waals surface area contributed by atoms with Gasteiger partial charge in [0.2, 0.25) is 0 Å². The molecule has 5 heteroatoms. The molecular weight excluding hydrogens is 238 g/mol. The lowest BCUT2D eigenvalue weighted by atomic mass is 10.3. The van der Waals surface area contributed by atoms with E-state index >= 15 is 0 Å². The molecule has 0 radical (unpaired) electrons. The molecular formula is C14H17N5. The van der Waals surface area contributed by atoms with E-state index in [0.29, 0.717) is 5.82 Å². The summed E-state index contributed by atoms with van der Waals surface area (Å²) in [6.07, 6.45) is 1.46. The minimum absolute atomic E-state index is 0.444. The number of hydrogen-bond donors (Lipinski definition) is 1. The predicted octanol–water partition coefficient (Wildman–Crippen LogP) is 2.73. The van der Waals surface area contributed by atoms with Gasteiger partial charge in [-0.2, -0.15) is 5.10 Å². The second kappa shape index (κ2) is 5.48. The Bertz CT molecular complexity index is 673. The van der Waals surface area contributed by atoms with Crippen LogP contribution in [0.5, 0.6) is 0 Å². The number of aryl methyl sites for hydroxylation is 1.